The molecule has 0 atom stereocenters. The van der Waals surface area contributed by atoms with Gasteiger partial charge in [0.25, 0.3) is 0 Å². The quantitative estimate of drug-likeness (QED) is 0.120. The summed E-state index contributed by atoms with van der Waals surface area (Å²) in [7, 11) is 0. The molecule has 0 saturated heterocycles. The standard InChI is InChI=1S/C19H36N2O3/c22-18-20-17-15-13-11-9-7-5-3-1-2-4-6-8-10-12-14-16-19(23)21-24/h24H,1-17H2,(H,21,23). The zero-order valence-electron chi connectivity index (χ0n) is 15.2. The van der Waals surface area contributed by atoms with E-state index in [0.29, 0.717) is 13.0 Å². The molecule has 0 spiro atoms. The number of rotatable bonds is 18. The molecule has 0 aliphatic rings. The summed E-state index contributed by atoms with van der Waals surface area (Å²) in [6.45, 7) is 0.640. The lowest BCUT2D eigenvalue weighted by atomic mass is 10.0. The van der Waals surface area contributed by atoms with E-state index < -0.39 is 0 Å². The van der Waals surface area contributed by atoms with Crippen molar-refractivity contribution in [1.82, 2.24) is 5.48 Å². The Labute approximate surface area is 147 Å². The summed E-state index contributed by atoms with van der Waals surface area (Å²) >= 11 is 0. The average Bonchev–Trinajstić information content (AvgIpc) is 2.60. The molecule has 140 valence electrons. The van der Waals surface area contributed by atoms with Gasteiger partial charge in [-0.1, -0.05) is 83.5 Å². The third-order valence-electron chi connectivity index (χ3n) is 4.36. The molecule has 5 nitrogen and oxygen atoms in total. The number of hydrogen-bond donors (Lipinski definition) is 2. The second kappa shape index (κ2) is 19.9. The number of nitrogens with zero attached hydrogens (tertiary/aromatic N) is 1. The van der Waals surface area contributed by atoms with Gasteiger partial charge in [-0.25, -0.2) is 15.3 Å². The minimum atomic E-state index is -0.276. The second-order valence-electron chi connectivity index (χ2n) is 6.56. The number of amides is 1. The van der Waals surface area contributed by atoms with E-state index in [-0.39, 0.29) is 5.91 Å². The van der Waals surface area contributed by atoms with Gasteiger partial charge in [-0.05, 0) is 12.8 Å². The first-order chi connectivity index (χ1) is 11.8. The zero-order chi connectivity index (χ0) is 17.7. The van der Waals surface area contributed by atoms with Crippen molar-refractivity contribution in [3.05, 3.63) is 0 Å². The average molecular weight is 341 g/mol. The van der Waals surface area contributed by atoms with Crippen LogP contribution in [-0.4, -0.2) is 23.7 Å². The summed E-state index contributed by atoms with van der Waals surface area (Å²) in [6, 6.07) is 0. The molecule has 0 aromatic rings. The number of isocyanates is 1. The van der Waals surface area contributed by atoms with Crippen LogP contribution in [0.5, 0.6) is 0 Å². The van der Waals surface area contributed by atoms with E-state index in [1.807, 2.05) is 0 Å². The Morgan fingerprint density at radius 2 is 1.08 bits per heavy atom. The van der Waals surface area contributed by atoms with Gasteiger partial charge in [-0.15, -0.1) is 0 Å². The van der Waals surface area contributed by atoms with Crippen LogP contribution in [0.4, 0.5) is 0 Å². The van der Waals surface area contributed by atoms with Crippen molar-refractivity contribution in [2.45, 2.75) is 103 Å². The molecule has 0 aliphatic carbocycles. The summed E-state index contributed by atoms with van der Waals surface area (Å²) in [5.41, 5.74) is 1.67. The fourth-order valence-corrected chi connectivity index (χ4v) is 2.88. The largest absolute Gasteiger partial charge is 0.289 e. The summed E-state index contributed by atoms with van der Waals surface area (Å²) in [5.74, 6) is -0.276. The van der Waals surface area contributed by atoms with E-state index in [2.05, 4.69) is 4.99 Å². The number of carbonyl (C=O) groups excluding carboxylic acids is 2. The van der Waals surface area contributed by atoms with Gasteiger partial charge in [0.15, 0.2) is 0 Å². The number of aliphatic imine (C=N–C) groups is 1. The first-order valence-electron chi connectivity index (χ1n) is 9.78. The molecule has 24 heavy (non-hydrogen) atoms. The Balaban J connectivity index is 3.02. The van der Waals surface area contributed by atoms with Crippen LogP contribution >= 0.6 is 0 Å². The predicted octanol–water partition coefficient (Wildman–Crippen LogP) is 5.07. The van der Waals surface area contributed by atoms with Crippen LogP contribution in [0.3, 0.4) is 0 Å². The topological polar surface area (TPSA) is 78.8 Å². The van der Waals surface area contributed by atoms with Crippen molar-refractivity contribution in [3.8, 4) is 0 Å². The van der Waals surface area contributed by atoms with Crippen LogP contribution in [0, 0.1) is 0 Å². The lowest BCUT2D eigenvalue weighted by Crippen LogP contribution is -2.17. The summed E-state index contributed by atoms with van der Waals surface area (Å²) in [5, 5.41) is 8.36. The smallest absolute Gasteiger partial charge is 0.243 e. The third kappa shape index (κ3) is 18.9. The minimum Gasteiger partial charge on any atom is -0.289 e. The van der Waals surface area contributed by atoms with E-state index in [9.17, 15) is 9.59 Å². The van der Waals surface area contributed by atoms with Crippen molar-refractivity contribution in [1.29, 1.82) is 0 Å². The number of unbranched alkanes of at least 4 members (excludes halogenated alkanes) is 14. The van der Waals surface area contributed by atoms with Crippen molar-refractivity contribution in [3.63, 3.8) is 0 Å². The normalized spacial score (nSPS) is 10.4. The Hall–Kier alpha value is -1.19. The highest BCUT2D eigenvalue weighted by atomic mass is 16.5. The van der Waals surface area contributed by atoms with Gasteiger partial charge in [0.05, 0.1) is 6.54 Å². The first-order valence-corrected chi connectivity index (χ1v) is 9.78. The monoisotopic (exact) mass is 340 g/mol. The van der Waals surface area contributed by atoms with Crippen molar-refractivity contribution < 1.29 is 14.8 Å². The maximum atomic E-state index is 10.8. The van der Waals surface area contributed by atoms with Crippen molar-refractivity contribution in [2.24, 2.45) is 4.99 Å². The van der Waals surface area contributed by atoms with Gasteiger partial charge in [-0.2, -0.15) is 0 Å². The molecule has 5 heteroatoms. The number of carbonyl (C=O) groups is 1. The molecule has 0 bridgehead atoms. The molecule has 1 amide bonds. The van der Waals surface area contributed by atoms with Crippen LogP contribution in [0.25, 0.3) is 0 Å². The molecule has 0 saturated carbocycles. The molecule has 0 aromatic carbocycles. The van der Waals surface area contributed by atoms with Gasteiger partial charge in [0, 0.05) is 6.42 Å². The Morgan fingerprint density at radius 3 is 1.46 bits per heavy atom. The van der Waals surface area contributed by atoms with E-state index in [1.54, 1.807) is 11.6 Å². The van der Waals surface area contributed by atoms with E-state index in [1.165, 1.54) is 77.0 Å². The molecule has 0 aliphatic heterocycles. The highest BCUT2D eigenvalue weighted by Crippen LogP contribution is 2.13. The fourth-order valence-electron chi connectivity index (χ4n) is 2.88. The van der Waals surface area contributed by atoms with E-state index >= 15 is 0 Å². The van der Waals surface area contributed by atoms with Crippen LogP contribution < -0.4 is 5.48 Å². The number of hydroxylamine groups is 1. The summed E-state index contributed by atoms with van der Waals surface area (Å²) in [6.07, 6.45) is 20.5. The Morgan fingerprint density at radius 1 is 0.708 bits per heavy atom. The minimum absolute atomic E-state index is 0.276. The molecule has 0 radical (unpaired) electrons. The zero-order valence-corrected chi connectivity index (χ0v) is 15.2. The molecule has 0 aromatic heterocycles. The molecular formula is C19H36N2O3. The maximum absolute atomic E-state index is 10.8. The third-order valence-corrected chi connectivity index (χ3v) is 4.36. The van der Waals surface area contributed by atoms with Gasteiger partial charge in [-0.3, -0.25) is 10.0 Å². The SMILES string of the molecule is O=C=NCCCCCCCCCCCCCCCCCC(=O)NO. The lowest BCUT2D eigenvalue weighted by molar-refractivity contribution is -0.129. The van der Waals surface area contributed by atoms with Crippen LogP contribution in [-0.2, 0) is 9.59 Å². The molecule has 0 unspecified atom stereocenters. The molecular weight excluding hydrogens is 304 g/mol. The Bertz CT molecular complexity index is 329. The van der Waals surface area contributed by atoms with Gasteiger partial charge >= 0.3 is 0 Å². The molecule has 0 rings (SSSR count). The highest BCUT2D eigenvalue weighted by Gasteiger charge is 1.98. The van der Waals surface area contributed by atoms with Crippen LogP contribution in [0.2, 0.25) is 0 Å². The lowest BCUT2D eigenvalue weighted by Gasteiger charge is -2.03. The molecule has 0 fully saturated rings. The highest BCUT2D eigenvalue weighted by molar-refractivity contribution is 5.74. The van der Waals surface area contributed by atoms with E-state index in [0.717, 1.165) is 19.3 Å². The predicted molar refractivity (Wildman–Crippen MR) is 96.8 cm³/mol. The maximum Gasteiger partial charge on any atom is 0.243 e. The van der Waals surface area contributed by atoms with Gasteiger partial charge in [0.1, 0.15) is 0 Å². The first kappa shape index (κ1) is 22.8. The van der Waals surface area contributed by atoms with Crippen LogP contribution in [0.1, 0.15) is 103 Å². The summed E-state index contributed by atoms with van der Waals surface area (Å²) in [4.78, 5) is 24.2. The van der Waals surface area contributed by atoms with Crippen molar-refractivity contribution >= 4 is 12.0 Å². The van der Waals surface area contributed by atoms with E-state index in [4.69, 9.17) is 5.21 Å². The Kier molecular flexibility index (Phi) is 18.9. The molecule has 0 heterocycles. The fraction of sp³-hybridized carbons (Fsp3) is 0.895. The number of nitrogens with one attached hydrogen (secondary N) is 1. The van der Waals surface area contributed by atoms with Crippen LogP contribution in [0.15, 0.2) is 4.99 Å². The molecule has 2 N–H and O–H groups in total. The van der Waals surface area contributed by atoms with Gasteiger partial charge < -0.3 is 0 Å². The second-order valence-corrected chi connectivity index (χ2v) is 6.56. The van der Waals surface area contributed by atoms with Crippen molar-refractivity contribution in [2.75, 3.05) is 6.54 Å². The summed E-state index contributed by atoms with van der Waals surface area (Å²) < 4.78 is 0. The number of hydrogen-bond acceptors (Lipinski definition) is 4. The van der Waals surface area contributed by atoms with Gasteiger partial charge in [0.2, 0.25) is 12.0 Å².